The highest BCUT2D eigenvalue weighted by Crippen LogP contribution is 2.27. The molecule has 1 aliphatic rings. The Hall–Kier alpha value is -2.08. The molecule has 0 saturated heterocycles. The summed E-state index contributed by atoms with van der Waals surface area (Å²) in [4.78, 5) is 23.5. The van der Waals surface area contributed by atoms with Gasteiger partial charge >= 0.3 is 12.0 Å². The maximum atomic E-state index is 11.5. The van der Waals surface area contributed by atoms with Crippen LogP contribution in [0.25, 0.3) is 0 Å². The van der Waals surface area contributed by atoms with Crippen LogP contribution in [-0.2, 0) is 11.3 Å². The van der Waals surface area contributed by atoms with Crippen LogP contribution in [0.2, 0.25) is 0 Å². The highest BCUT2D eigenvalue weighted by atomic mass is 16.4. The van der Waals surface area contributed by atoms with Gasteiger partial charge < -0.3 is 20.4 Å². The van der Waals surface area contributed by atoms with Gasteiger partial charge in [-0.3, -0.25) is 4.79 Å². The summed E-state index contributed by atoms with van der Waals surface area (Å²) >= 11 is 0. The molecule has 2 rings (SSSR count). The predicted molar refractivity (Wildman–Crippen MR) is 68.8 cm³/mol. The van der Waals surface area contributed by atoms with Gasteiger partial charge in [0.2, 0.25) is 0 Å². The largest absolute Gasteiger partial charge is 0.481 e. The summed E-state index contributed by atoms with van der Waals surface area (Å²) in [6, 6.07) is 5.08. The molecule has 6 nitrogen and oxygen atoms in total. The maximum absolute atomic E-state index is 11.5. The van der Waals surface area contributed by atoms with E-state index < -0.39 is 12.1 Å². The molecule has 0 spiro atoms. The number of carbonyl (C=O) groups is 2. The van der Waals surface area contributed by atoms with Crippen molar-refractivity contribution in [2.24, 2.45) is 0 Å². The van der Waals surface area contributed by atoms with Crippen LogP contribution in [0.1, 0.15) is 30.1 Å². The molecule has 19 heavy (non-hydrogen) atoms. The van der Waals surface area contributed by atoms with Crippen molar-refractivity contribution in [1.29, 1.82) is 0 Å². The number of aliphatic hydroxyl groups excluding tert-OH is 1. The number of aliphatic carboxylic acids is 1. The molecule has 2 amide bonds. The molecule has 0 aliphatic carbocycles. The Bertz CT molecular complexity index is 515. The molecule has 0 aromatic heterocycles. The lowest BCUT2D eigenvalue weighted by Gasteiger charge is -2.26. The minimum Gasteiger partial charge on any atom is -0.481 e. The number of nitrogens with one attached hydrogen (secondary N) is 1. The fourth-order valence-electron chi connectivity index (χ4n) is 2.04. The van der Waals surface area contributed by atoms with Crippen LogP contribution < -0.4 is 5.32 Å². The van der Waals surface area contributed by atoms with Gasteiger partial charge in [0.25, 0.3) is 0 Å². The van der Waals surface area contributed by atoms with Crippen molar-refractivity contribution in [3.8, 4) is 0 Å². The van der Waals surface area contributed by atoms with Gasteiger partial charge in [0.1, 0.15) is 0 Å². The lowest BCUT2D eigenvalue weighted by Crippen LogP contribution is -2.35. The first-order valence-electron chi connectivity index (χ1n) is 6.02. The van der Waals surface area contributed by atoms with Crippen LogP contribution in [0.3, 0.4) is 0 Å². The zero-order chi connectivity index (χ0) is 14.0. The summed E-state index contributed by atoms with van der Waals surface area (Å²) in [6.45, 7) is 0.473. The monoisotopic (exact) mass is 264 g/mol. The Morgan fingerprint density at radius 2 is 2.26 bits per heavy atom. The SMILES string of the molecule is CN1Cc2cc([C@@H](O)CCC(=O)O)ccc2NC1=O. The smallest absolute Gasteiger partial charge is 0.321 e. The molecule has 1 aromatic rings. The van der Waals surface area contributed by atoms with E-state index in [1.807, 2.05) is 0 Å². The summed E-state index contributed by atoms with van der Waals surface area (Å²) in [5.74, 6) is -0.927. The molecule has 1 atom stereocenters. The van der Waals surface area contributed by atoms with Gasteiger partial charge in [-0.05, 0) is 29.7 Å². The van der Waals surface area contributed by atoms with E-state index in [9.17, 15) is 14.7 Å². The third kappa shape index (κ3) is 3.03. The van der Waals surface area contributed by atoms with E-state index in [1.165, 1.54) is 4.90 Å². The topological polar surface area (TPSA) is 89.9 Å². The standard InChI is InChI=1S/C13H16N2O4/c1-15-7-9-6-8(11(16)4-5-12(17)18)2-3-10(9)14-13(15)19/h2-3,6,11,16H,4-5,7H2,1H3,(H,14,19)(H,17,18)/t11-/m0/s1. The van der Waals surface area contributed by atoms with Crippen molar-refractivity contribution in [2.75, 3.05) is 12.4 Å². The van der Waals surface area contributed by atoms with Crippen molar-refractivity contribution in [3.05, 3.63) is 29.3 Å². The number of hydrogen-bond acceptors (Lipinski definition) is 3. The minimum absolute atomic E-state index is 0.0745. The van der Waals surface area contributed by atoms with Gasteiger partial charge in [0.05, 0.1) is 6.10 Å². The number of anilines is 1. The molecule has 1 heterocycles. The van der Waals surface area contributed by atoms with E-state index in [2.05, 4.69) is 5.32 Å². The molecule has 0 bridgehead atoms. The van der Waals surface area contributed by atoms with Gasteiger partial charge in [-0.15, -0.1) is 0 Å². The Morgan fingerprint density at radius 3 is 2.95 bits per heavy atom. The van der Waals surface area contributed by atoms with E-state index >= 15 is 0 Å². The van der Waals surface area contributed by atoms with Crippen LogP contribution in [-0.4, -0.2) is 34.2 Å². The molecular weight excluding hydrogens is 248 g/mol. The maximum Gasteiger partial charge on any atom is 0.321 e. The highest BCUT2D eigenvalue weighted by molar-refractivity contribution is 5.92. The van der Waals surface area contributed by atoms with Crippen LogP contribution in [0.15, 0.2) is 18.2 Å². The summed E-state index contributed by atoms with van der Waals surface area (Å²) in [5, 5.41) is 21.3. The average molecular weight is 264 g/mol. The van der Waals surface area contributed by atoms with Gasteiger partial charge in [-0.1, -0.05) is 6.07 Å². The van der Waals surface area contributed by atoms with Crippen LogP contribution in [0, 0.1) is 0 Å². The normalized spacial score (nSPS) is 15.7. The van der Waals surface area contributed by atoms with Gasteiger partial charge in [0, 0.05) is 25.7 Å². The number of carbonyl (C=O) groups excluding carboxylic acids is 1. The van der Waals surface area contributed by atoms with Crippen molar-refractivity contribution >= 4 is 17.7 Å². The Balaban J connectivity index is 2.14. The summed E-state index contributed by atoms with van der Waals surface area (Å²) in [7, 11) is 1.69. The van der Waals surface area contributed by atoms with Crippen LogP contribution >= 0.6 is 0 Å². The number of fused-ring (bicyclic) bond motifs is 1. The zero-order valence-electron chi connectivity index (χ0n) is 10.6. The van der Waals surface area contributed by atoms with Gasteiger partial charge in [-0.25, -0.2) is 4.79 Å². The third-order valence-electron chi connectivity index (χ3n) is 3.14. The molecule has 3 N–H and O–H groups in total. The number of carboxylic acids is 1. The number of hydrogen-bond donors (Lipinski definition) is 3. The summed E-state index contributed by atoms with van der Waals surface area (Å²) in [5.41, 5.74) is 2.32. The second-order valence-corrected chi connectivity index (χ2v) is 4.65. The Labute approximate surface area is 110 Å². The fourth-order valence-corrected chi connectivity index (χ4v) is 2.04. The van der Waals surface area contributed by atoms with E-state index in [1.54, 1.807) is 25.2 Å². The lowest BCUT2D eigenvalue weighted by atomic mass is 10.00. The number of urea groups is 1. The molecule has 0 radical (unpaired) electrons. The van der Waals surface area contributed by atoms with E-state index in [-0.39, 0.29) is 18.9 Å². The molecular formula is C13H16N2O4. The number of nitrogens with zero attached hydrogens (tertiary/aromatic N) is 1. The lowest BCUT2D eigenvalue weighted by molar-refractivity contribution is -0.137. The zero-order valence-corrected chi connectivity index (χ0v) is 10.6. The second-order valence-electron chi connectivity index (χ2n) is 4.65. The Kier molecular flexibility index (Phi) is 3.71. The average Bonchev–Trinajstić information content (AvgIpc) is 2.36. The predicted octanol–water partition coefficient (Wildman–Crippen LogP) is 1.56. The van der Waals surface area contributed by atoms with E-state index in [0.717, 1.165) is 11.3 Å². The molecule has 0 unspecified atom stereocenters. The van der Waals surface area contributed by atoms with Crippen molar-refractivity contribution in [3.63, 3.8) is 0 Å². The quantitative estimate of drug-likeness (QED) is 0.769. The number of amides is 2. The highest BCUT2D eigenvalue weighted by Gasteiger charge is 2.20. The number of benzene rings is 1. The molecule has 1 aliphatic heterocycles. The first kappa shape index (κ1) is 13.4. The fraction of sp³-hybridized carbons (Fsp3) is 0.385. The van der Waals surface area contributed by atoms with E-state index in [4.69, 9.17) is 5.11 Å². The molecule has 6 heteroatoms. The number of aliphatic hydroxyl groups is 1. The second kappa shape index (κ2) is 5.27. The van der Waals surface area contributed by atoms with Crippen LogP contribution in [0.4, 0.5) is 10.5 Å². The van der Waals surface area contributed by atoms with Gasteiger partial charge in [-0.2, -0.15) is 0 Å². The number of carboxylic acid groups (broad SMARTS) is 1. The van der Waals surface area contributed by atoms with Crippen LogP contribution in [0.5, 0.6) is 0 Å². The van der Waals surface area contributed by atoms with Crippen molar-refractivity contribution in [1.82, 2.24) is 4.90 Å². The third-order valence-corrected chi connectivity index (χ3v) is 3.14. The van der Waals surface area contributed by atoms with Crippen molar-refractivity contribution in [2.45, 2.75) is 25.5 Å². The summed E-state index contributed by atoms with van der Waals surface area (Å²) < 4.78 is 0. The summed E-state index contributed by atoms with van der Waals surface area (Å²) in [6.07, 6.45) is -0.699. The molecule has 102 valence electrons. The molecule has 0 saturated carbocycles. The first-order chi connectivity index (χ1) is 8.97. The minimum atomic E-state index is -0.927. The Morgan fingerprint density at radius 1 is 1.53 bits per heavy atom. The van der Waals surface area contributed by atoms with E-state index in [0.29, 0.717) is 12.1 Å². The molecule has 0 fully saturated rings. The number of rotatable bonds is 4. The van der Waals surface area contributed by atoms with Gasteiger partial charge in [0.15, 0.2) is 0 Å². The first-order valence-corrected chi connectivity index (χ1v) is 6.02. The van der Waals surface area contributed by atoms with Crippen molar-refractivity contribution < 1.29 is 19.8 Å². The molecule has 1 aromatic carbocycles.